The van der Waals surface area contributed by atoms with E-state index in [4.69, 9.17) is 4.74 Å². The minimum Gasteiger partial charge on any atom is -0.494 e. The summed E-state index contributed by atoms with van der Waals surface area (Å²) in [5.41, 5.74) is 3.49. The Hall–Kier alpha value is -2.90. The molecule has 1 N–H and O–H groups in total. The molecule has 0 atom stereocenters. The number of hydrogen-bond donors (Lipinski definition) is 1. The number of hydrogen-bond acceptors (Lipinski definition) is 8. The molecule has 2 heterocycles. The van der Waals surface area contributed by atoms with Crippen LogP contribution in [0.2, 0.25) is 0 Å². The lowest BCUT2D eigenvalue weighted by molar-refractivity contribution is -0.113. The number of carbonyl (C=O) groups is 1. The number of amides is 1. The molecule has 3 aromatic rings. The highest BCUT2D eigenvalue weighted by Gasteiger charge is 2.21. The number of nitriles is 1. The van der Waals surface area contributed by atoms with Crippen LogP contribution >= 0.6 is 23.1 Å². The Morgan fingerprint density at radius 2 is 2.19 bits per heavy atom. The first kappa shape index (κ1) is 21.3. The molecule has 0 aliphatic heterocycles. The van der Waals surface area contributed by atoms with Crippen LogP contribution in [0, 0.1) is 18.3 Å². The molecule has 1 amide bonds. The van der Waals surface area contributed by atoms with E-state index in [0.717, 1.165) is 36.8 Å². The minimum absolute atomic E-state index is 0.127. The van der Waals surface area contributed by atoms with E-state index < -0.39 is 0 Å². The second-order valence-electron chi connectivity index (χ2n) is 7.27. The van der Waals surface area contributed by atoms with Crippen LogP contribution in [0.4, 0.5) is 5.00 Å². The molecule has 0 bridgehead atoms. The number of aryl methyl sites for hydroxylation is 2. The molecule has 0 radical (unpaired) electrons. The van der Waals surface area contributed by atoms with E-state index in [1.54, 1.807) is 11.8 Å². The van der Waals surface area contributed by atoms with E-state index in [0.29, 0.717) is 27.2 Å². The van der Waals surface area contributed by atoms with Crippen molar-refractivity contribution in [2.45, 2.75) is 44.2 Å². The van der Waals surface area contributed by atoms with Gasteiger partial charge in [0, 0.05) is 4.88 Å². The van der Waals surface area contributed by atoms with Crippen molar-refractivity contribution in [1.82, 2.24) is 20.2 Å². The van der Waals surface area contributed by atoms with Gasteiger partial charge in [0.1, 0.15) is 22.5 Å². The number of carbonyl (C=O) groups excluding carboxylic acids is 1. The molecule has 31 heavy (non-hydrogen) atoms. The van der Waals surface area contributed by atoms with Crippen molar-refractivity contribution in [3.05, 3.63) is 39.8 Å². The molecule has 2 aromatic heterocycles. The molecule has 10 heteroatoms. The number of aromatic nitrogens is 4. The summed E-state index contributed by atoms with van der Waals surface area (Å²) in [4.78, 5) is 13.9. The van der Waals surface area contributed by atoms with Gasteiger partial charge in [-0.3, -0.25) is 4.79 Å². The number of benzene rings is 1. The van der Waals surface area contributed by atoms with E-state index in [1.807, 2.05) is 25.1 Å². The molecule has 1 aromatic carbocycles. The number of fused-ring (bicyclic) bond motifs is 1. The molecule has 8 nitrogen and oxygen atoms in total. The van der Waals surface area contributed by atoms with Crippen molar-refractivity contribution in [3.8, 4) is 17.5 Å². The number of anilines is 1. The highest BCUT2D eigenvalue weighted by atomic mass is 32.2. The van der Waals surface area contributed by atoms with Crippen LogP contribution in [0.25, 0.3) is 5.69 Å². The van der Waals surface area contributed by atoms with Gasteiger partial charge in [-0.2, -0.15) is 9.94 Å². The number of thiophene rings is 1. The fourth-order valence-corrected chi connectivity index (χ4v) is 5.57. The topological polar surface area (TPSA) is 106 Å². The largest absolute Gasteiger partial charge is 0.494 e. The summed E-state index contributed by atoms with van der Waals surface area (Å²) >= 11 is 2.77. The maximum Gasteiger partial charge on any atom is 0.235 e. The number of nitrogens with one attached hydrogen (secondary N) is 1. The Labute approximate surface area is 188 Å². The van der Waals surface area contributed by atoms with Crippen LogP contribution in [-0.2, 0) is 17.6 Å². The zero-order valence-corrected chi connectivity index (χ0v) is 19.0. The predicted molar refractivity (Wildman–Crippen MR) is 120 cm³/mol. The van der Waals surface area contributed by atoms with Crippen LogP contribution in [0.3, 0.4) is 0 Å². The first-order valence-electron chi connectivity index (χ1n) is 10.0. The Bertz CT molecular complexity index is 1150. The third kappa shape index (κ3) is 4.57. The van der Waals surface area contributed by atoms with E-state index in [-0.39, 0.29) is 11.7 Å². The second-order valence-corrected chi connectivity index (χ2v) is 9.31. The van der Waals surface area contributed by atoms with Crippen molar-refractivity contribution in [3.63, 3.8) is 0 Å². The van der Waals surface area contributed by atoms with Gasteiger partial charge in [-0.25, -0.2) is 0 Å². The lowest BCUT2D eigenvalue weighted by Crippen LogP contribution is -2.14. The Balaban J connectivity index is 1.48. The van der Waals surface area contributed by atoms with E-state index in [2.05, 4.69) is 26.9 Å². The average Bonchev–Trinajstić information content (AvgIpc) is 3.29. The smallest absolute Gasteiger partial charge is 0.235 e. The molecule has 4 rings (SSSR count). The number of methoxy groups -OCH3 is 1. The number of ether oxygens (including phenoxy) is 1. The van der Waals surface area contributed by atoms with Crippen LogP contribution in [0.15, 0.2) is 23.4 Å². The third-order valence-electron chi connectivity index (χ3n) is 5.12. The van der Waals surface area contributed by atoms with Crippen molar-refractivity contribution in [1.29, 1.82) is 5.26 Å². The zero-order chi connectivity index (χ0) is 21.8. The molecule has 1 aliphatic rings. The van der Waals surface area contributed by atoms with Gasteiger partial charge in [0.2, 0.25) is 11.1 Å². The SMILES string of the molecule is COc1ccc(C)cc1-n1nnnc1SCC(=O)Nc1sc2c(c1C#N)CCCCC2. The first-order valence-corrected chi connectivity index (χ1v) is 11.8. The molecule has 0 saturated carbocycles. The quantitative estimate of drug-likeness (QED) is 0.444. The standard InChI is InChI=1S/C21H22N6O2S2/c1-13-8-9-17(29-2)16(10-13)27-21(24-25-26-27)30-12-19(28)23-20-15(11-22)14-6-4-3-5-7-18(14)31-20/h8-10H,3-7,12H2,1-2H3,(H,23,28). The van der Waals surface area contributed by atoms with Crippen molar-refractivity contribution >= 4 is 34.0 Å². The predicted octanol–water partition coefficient (Wildman–Crippen LogP) is 3.91. The third-order valence-corrected chi connectivity index (χ3v) is 7.25. The van der Waals surface area contributed by atoms with Crippen LogP contribution in [-0.4, -0.2) is 39.0 Å². The number of tetrazole rings is 1. The Kier molecular flexibility index (Phi) is 6.53. The van der Waals surface area contributed by atoms with Crippen LogP contribution in [0.5, 0.6) is 5.75 Å². The van der Waals surface area contributed by atoms with E-state index in [9.17, 15) is 10.1 Å². The summed E-state index contributed by atoms with van der Waals surface area (Å²) in [6.07, 6.45) is 5.29. The maximum absolute atomic E-state index is 12.6. The molecule has 1 aliphatic carbocycles. The van der Waals surface area contributed by atoms with Gasteiger partial charge in [0.25, 0.3) is 0 Å². The number of thioether (sulfide) groups is 1. The van der Waals surface area contributed by atoms with E-state index >= 15 is 0 Å². The van der Waals surface area contributed by atoms with Crippen LogP contribution < -0.4 is 10.1 Å². The minimum atomic E-state index is -0.191. The molecule has 0 fully saturated rings. The monoisotopic (exact) mass is 454 g/mol. The summed E-state index contributed by atoms with van der Waals surface area (Å²) in [5.74, 6) is 0.577. The normalized spacial score (nSPS) is 13.2. The average molecular weight is 455 g/mol. The van der Waals surface area contributed by atoms with Crippen molar-refractivity contribution in [2.24, 2.45) is 0 Å². The maximum atomic E-state index is 12.6. The van der Waals surface area contributed by atoms with Gasteiger partial charge >= 0.3 is 0 Å². The molecule has 0 saturated heterocycles. The van der Waals surface area contributed by atoms with Crippen LogP contribution in [0.1, 0.15) is 40.8 Å². The molecule has 0 spiro atoms. The van der Waals surface area contributed by atoms with E-state index in [1.165, 1.54) is 34.4 Å². The lowest BCUT2D eigenvalue weighted by Gasteiger charge is -2.10. The number of rotatable bonds is 6. The summed E-state index contributed by atoms with van der Waals surface area (Å²) in [5, 5.41) is 25.6. The summed E-state index contributed by atoms with van der Waals surface area (Å²) in [7, 11) is 1.59. The lowest BCUT2D eigenvalue weighted by atomic mass is 10.1. The summed E-state index contributed by atoms with van der Waals surface area (Å²) < 4.78 is 6.99. The highest BCUT2D eigenvalue weighted by molar-refractivity contribution is 7.99. The fraction of sp³-hybridized carbons (Fsp3) is 0.381. The molecular formula is C21H22N6O2S2. The highest BCUT2D eigenvalue weighted by Crippen LogP contribution is 2.37. The van der Waals surface area contributed by atoms with Gasteiger partial charge in [-0.15, -0.1) is 16.4 Å². The Morgan fingerprint density at radius 1 is 1.35 bits per heavy atom. The van der Waals surface area contributed by atoms with Gasteiger partial charge in [-0.05, 0) is 66.3 Å². The fourth-order valence-electron chi connectivity index (χ4n) is 3.63. The van der Waals surface area contributed by atoms with Crippen molar-refractivity contribution in [2.75, 3.05) is 18.2 Å². The van der Waals surface area contributed by atoms with Gasteiger partial charge in [0.05, 0.1) is 18.4 Å². The van der Waals surface area contributed by atoms with Gasteiger partial charge in [0.15, 0.2) is 0 Å². The van der Waals surface area contributed by atoms with Gasteiger partial charge < -0.3 is 10.1 Å². The number of nitrogens with zero attached hydrogens (tertiary/aromatic N) is 5. The summed E-state index contributed by atoms with van der Waals surface area (Å²) in [6, 6.07) is 8.03. The van der Waals surface area contributed by atoms with Crippen molar-refractivity contribution < 1.29 is 9.53 Å². The first-order chi connectivity index (χ1) is 15.1. The summed E-state index contributed by atoms with van der Waals surface area (Å²) in [6.45, 7) is 1.98. The Morgan fingerprint density at radius 3 is 3.00 bits per heavy atom. The molecular weight excluding hydrogens is 432 g/mol. The van der Waals surface area contributed by atoms with Gasteiger partial charge in [-0.1, -0.05) is 24.2 Å². The second kappa shape index (κ2) is 9.49. The zero-order valence-electron chi connectivity index (χ0n) is 17.3. The molecule has 0 unspecified atom stereocenters. The molecule has 160 valence electrons.